The zero-order valence-electron chi connectivity index (χ0n) is 17.6. The van der Waals surface area contributed by atoms with E-state index < -0.39 is 0 Å². The van der Waals surface area contributed by atoms with Crippen LogP contribution in [0.15, 0.2) is 36.4 Å². The number of carbonyl (C=O) groups excluding carboxylic acids is 2. The Kier molecular flexibility index (Phi) is 7.50. The lowest BCUT2D eigenvalue weighted by Gasteiger charge is -2.22. The lowest BCUT2D eigenvalue weighted by molar-refractivity contribution is -0.122. The van der Waals surface area contributed by atoms with Crippen LogP contribution in [0.1, 0.15) is 67.9 Å². The van der Waals surface area contributed by atoms with Gasteiger partial charge in [-0.1, -0.05) is 49.6 Å². The lowest BCUT2D eigenvalue weighted by Crippen LogP contribution is -2.36. The second kappa shape index (κ2) is 10.3. The Morgan fingerprint density at radius 2 is 1.86 bits per heavy atom. The van der Waals surface area contributed by atoms with Crippen LogP contribution < -0.4 is 5.32 Å². The summed E-state index contributed by atoms with van der Waals surface area (Å²) in [5.74, 6) is -0.162. The van der Waals surface area contributed by atoms with Gasteiger partial charge >= 0.3 is 5.97 Å². The van der Waals surface area contributed by atoms with E-state index in [1.54, 1.807) is 0 Å². The van der Waals surface area contributed by atoms with E-state index in [0.717, 1.165) is 36.2 Å². The summed E-state index contributed by atoms with van der Waals surface area (Å²) in [4.78, 5) is 24.7. The van der Waals surface area contributed by atoms with E-state index in [-0.39, 0.29) is 11.9 Å². The van der Waals surface area contributed by atoms with Gasteiger partial charge in [0.25, 0.3) is 0 Å². The number of rotatable bonds is 8. The third-order valence-corrected chi connectivity index (χ3v) is 5.69. The molecule has 1 aromatic carbocycles. The number of carbonyl (C=O) groups is 2. The Hall–Kier alpha value is -2.56. The van der Waals surface area contributed by atoms with Crippen molar-refractivity contribution in [3.05, 3.63) is 47.7 Å². The first-order valence-corrected chi connectivity index (χ1v) is 10.8. The summed E-state index contributed by atoms with van der Waals surface area (Å²) >= 11 is 0. The smallest absolute Gasteiger partial charge is 0.339 e. The molecule has 29 heavy (non-hydrogen) atoms. The third kappa shape index (κ3) is 5.49. The molecule has 0 aliphatic heterocycles. The number of benzene rings is 1. The molecule has 1 fully saturated rings. The van der Waals surface area contributed by atoms with Gasteiger partial charge < -0.3 is 14.6 Å². The highest BCUT2D eigenvalue weighted by Crippen LogP contribution is 2.27. The van der Waals surface area contributed by atoms with Gasteiger partial charge in [-0.25, -0.2) is 4.79 Å². The first-order valence-electron chi connectivity index (χ1n) is 10.8. The molecule has 1 aromatic heterocycles. The molecule has 3 rings (SSSR count). The van der Waals surface area contributed by atoms with Crippen molar-refractivity contribution in [1.82, 2.24) is 9.88 Å². The molecule has 2 aromatic rings. The van der Waals surface area contributed by atoms with E-state index in [0.29, 0.717) is 31.2 Å². The van der Waals surface area contributed by atoms with Gasteiger partial charge in [-0.05, 0) is 44.7 Å². The number of hydrogen-bond acceptors (Lipinski definition) is 3. The van der Waals surface area contributed by atoms with Crippen LogP contribution in [-0.4, -0.2) is 29.1 Å². The van der Waals surface area contributed by atoms with E-state index >= 15 is 0 Å². The topological polar surface area (TPSA) is 60.3 Å². The van der Waals surface area contributed by atoms with Gasteiger partial charge in [-0.3, -0.25) is 4.79 Å². The normalized spacial score (nSPS) is 14.6. The molecule has 1 heterocycles. The maximum atomic E-state index is 12.4. The molecule has 0 atom stereocenters. The summed E-state index contributed by atoms with van der Waals surface area (Å²) in [6.45, 7) is 4.80. The Morgan fingerprint density at radius 1 is 1.14 bits per heavy atom. The van der Waals surface area contributed by atoms with Crippen LogP contribution in [0.5, 0.6) is 0 Å². The summed E-state index contributed by atoms with van der Waals surface area (Å²) in [5.41, 5.74) is 3.52. The summed E-state index contributed by atoms with van der Waals surface area (Å²) in [7, 11) is 0. The maximum absolute atomic E-state index is 12.4. The van der Waals surface area contributed by atoms with E-state index in [2.05, 4.69) is 9.88 Å². The van der Waals surface area contributed by atoms with Crippen molar-refractivity contribution in [3.63, 3.8) is 0 Å². The van der Waals surface area contributed by atoms with E-state index in [4.69, 9.17) is 4.74 Å². The summed E-state index contributed by atoms with van der Waals surface area (Å²) in [5, 5.41) is 3.18. The van der Waals surface area contributed by atoms with Gasteiger partial charge in [-0.2, -0.15) is 0 Å². The molecule has 0 saturated heterocycles. The van der Waals surface area contributed by atoms with Crippen LogP contribution in [0.25, 0.3) is 11.3 Å². The fraction of sp³-hybridized carbons (Fsp3) is 0.500. The van der Waals surface area contributed by atoms with Gasteiger partial charge in [0.05, 0.1) is 12.2 Å². The molecule has 1 amide bonds. The van der Waals surface area contributed by atoms with Crippen LogP contribution in [0.3, 0.4) is 0 Å². The van der Waals surface area contributed by atoms with E-state index in [1.165, 1.54) is 19.3 Å². The monoisotopic (exact) mass is 396 g/mol. The summed E-state index contributed by atoms with van der Waals surface area (Å²) < 4.78 is 7.36. The van der Waals surface area contributed by atoms with Gasteiger partial charge in [0.1, 0.15) is 0 Å². The van der Waals surface area contributed by atoms with Crippen molar-refractivity contribution in [2.75, 3.05) is 6.61 Å². The van der Waals surface area contributed by atoms with Gasteiger partial charge in [0.2, 0.25) is 5.91 Å². The van der Waals surface area contributed by atoms with Crippen molar-refractivity contribution in [2.24, 2.45) is 0 Å². The minimum absolute atomic E-state index is 0.133. The molecular weight excluding hydrogens is 364 g/mol. The van der Waals surface area contributed by atoms with Crippen molar-refractivity contribution in [1.29, 1.82) is 0 Å². The summed E-state index contributed by atoms with van der Waals surface area (Å²) in [6, 6.07) is 12.3. The fourth-order valence-corrected chi connectivity index (χ4v) is 4.14. The Morgan fingerprint density at radius 3 is 2.55 bits per heavy atom. The molecule has 0 bridgehead atoms. The molecule has 0 unspecified atom stereocenters. The minimum Gasteiger partial charge on any atom is -0.462 e. The van der Waals surface area contributed by atoms with Crippen LogP contribution in [0.4, 0.5) is 0 Å². The highest BCUT2D eigenvalue weighted by atomic mass is 16.5. The molecule has 156 valence electrons. The number of ether oxygens (including phenoxy) is 1. The molecule has 1 saturated carbocycles. The lowest BCUT2D eigenvalue weighted by atomic mass is 9.95. The quantitative estimate of drug-likeness (QED) is 0.648. The first-order chi connectivity index (χ1) is 14.1. The van der Waals surface area contributed by atoms with Crippen molar-refractivity contribution in [2.45, 2.75) is 71.4 Å². The zero-order valence-corrected chi connectivity index (χ0v) is 17.6. The van der Waals surface area contributed by atoms with Crippen molar-refractivity contribution in [3.8, 4) is 11.3 Å². The molecule has 1 aliphatic rings. The molecule has 0 radical (unpaired) electrons. The first kappa shape index (κ1) is 21.2. The predicted octanol–water partition coefficient (Wildman–Crippen LogP) is 4.87. The Labute approximate surface area is 173 Å². The van der Waals surface area contributed by atoms with Crippen molar-refractivity contribution >= 4 is 11.9 Å². The largest absolute Gasteiger partial charge is 0.462 e. The fourth-order valence-electron chi connectivity index (χ4n) is 4.14. The second-order valence-corrected chi connectivity index (χ2v) is 7.77. The molecular formula is C24H32N2O3. The number of amides is 1. The average molecular weight is 397 g/mol. The number of nitrogens with one attached hydrogen (secondary N) is 1. The van der Waals surface area contributed by atoms with Crippen molar-refractivity contribution < 1.29 is 14.3 Å². The molecule has 1 N–H and O–H groups in total. The SMILES string of the molecule is CCOC(=O)c1cc(-c2ccccc2)n(CCCC(=O)NC2CCCCC2)c1C. The molecule has 5 nitrogen and oxygen atoms in total. The number of nitrogens with zero attached hydrogens (tertiary/aromatic N) is 1. The molecule has 5 heteroatoms. The maximum Gasteiger partial charge on any atom is 0.339 e. The number of esters is 1. The van der Waals surface area contributed by atoms with Gasteiger partial charge in [0, 0.05) is 30.4 Å². The molecule has 1 aliphatic carbocycles. The average Bonchev–Trinajstić information content (AvgIpc) is 3.06. The van der Waals surface area contributed by atoms with Gasteiger partial charge in [-0.15, -0.1) is 0 Å². The van der Waals surface area contributed by atoms with Crippen LogP contribution in [-0.2, 0) is 16.1 Å². The minimum atomic E-state index is -0.295. The Balaban J connectivity index is 1.69. The standard InChI is InChI=1S/C24H32N2O3/c1-3-29-24(28)21-17-22(19-11-6-4-7-12-19)26(18(21)2)16-10-15-23(27)25-20-13-8-5-9-14-20/h4,6-7,11-12,17,20H,3,5,8-10,13-16H2,1-2H3,(H,25,27). The second-order valence-electron chi connectivity index (χ2n) is 7.77. The van der Waals surface area contributed by atoms with Crippen LogP contribution >= 0.6 is 0 Å². The van der Waals surface area contributed by atoms with E-state index in [1.807, 2.05) is 50.2 Å². The third-order valence-electron chi connectivity index (χ3n) is 5.69. The van der Waals surface area contributed by atoms with Crippen LogP contribution in [0, 0.1) is 6.92 Å². The zero-order chi connectivity index (χ0) is 20.6. The predicted molar refractivity (Wildman–Crippen MR) is 115 cm³/mol. The van der Waals surface area contributed by atoms with Gasteiger partial charge in [0.15, 0.2) is 0 Å². The number of aromatic nitrogens is 1. The highest BCUT2D eigenvalue weighted by molar-refractivity contribution is 5.92. The number of hydrogen-bond donors (Lipinski definition) is 1. The molecule has 0 spiro atoms. The summed E-state index contributed by atoms with van der Waals surface area (Å²) in [6.07, 6.45) is 7.14. The van der Waals surface area contributed by atoms with E-state index in [9.17, 15) is 9.59 Å². The highest BCUT2D eigenvalue weighted by Gasteiger charge is 2.20. The Bertz CT molecular complexity index is 820. The van der Waals surface area contributed by atoms with Crippen LogP contribution in [0.2, 0.25) is 0 Å².